The molecule has 0 aliphatic carbocycles. The predicted octanol–water partition coefficient (Wildman–Crippen LogP) is 3.27. The van der Waals surface area contributed by atoms with Crippen LogP contribution in [0.4, 0.5) is 5.69 Å². The number of amides is 1. The van der Waals surface area contributed by atoms with E-state index in [0.717, 1.165) is 28.6 Å². The Morgan fingerprint density at radius 2 is 1.68 bits per heavy atom. The van der Waals surface area contributed by atoms with E-state index in [0.29, 0.717) is 5.56 Å². The van der Waals surface area contributed by atoms with Gasteiger partial charge in [-0.2, -0.15) is 0 Å². The molecule has 0 radical (unpaired) electrons. The van der Waals surface area contributed by atoms with Gasteiger partial charge in [-0.3, -0.25) is 4.79 Å². The molecule has 0 aliphatic heterocycles. The minimum atomic E-state index is -3.34. The lowest BCUT2D eigenvalue weighted by Crippen LogP contribution is -2.15. The minimum absolute atomic E-state index is 0.143. The molecule has 2 rings (SSSR count). The number of carbonyl (C=O) groups is 1. The Labute approximate surface area is 131 Å². The van der Waals surface area contributed by atoms with Crippen LogP contribution >= 0.6 is 0 Å². The molecule has 116 valence electrons. The van der Waals surface area contributed by atoms with Gasteiger partial charge in [-0.05, 0) is 55.7 Å². The monoisotopic (exact) mass is 317 g/mol. The Bertz CT molecular complexity index is 839. The average molecular weight is 317 g/mol. The van der Waals surface area contributed by atoms with E-state index in [1.807, 2.05) is 32.0 Å². The molecule has 2 aromatic rings. The maximum Gasteiger partial charge on any atom is 0.255 e. The van der Waals surface area contributed by atoms with Crippen LogP contribution in [0.2, 0.25) is 0 Å². The Morgan fingerprint density at radius 3 is 2.32 bits per heavy atom. The summed E-state index contributed by atoms with van der Waals surface area (Å²) < 4.78 is 23.3. The fourth-order valence-corrected chi connectivity index (χ4v) is 2.80. The number of rotatable bonds is 3. The minimum Gasteiger partial charge on any atom is -0.322 e. The molecule has 0 fully saturated rings. The molecule has 0 saturated carbocycles. The van der Waals surface area contributed by atoms with Crippen LogP contribution < -0.4 is 5.32 Å². The van der Waals surface area contributed by atoms with Crippen molar-refractivity contribution in [2.24, 2.45) is 0 Å². The molecule has 0 aromatic heterocycles. The lowest BCUT2D eigenvalue weighted by atomic mass is 10.1. The summed E-state index contributed by atoms with van der Waals surface area (Å²) in [5, 5.41) is 2.85. The molecule has 1 N–H and O–H groups in total. The van der Waals surface area contributed by atoms with Crippen molar-refractivity contribution in [3.8, 4) is 0 Å². The van der Waals surface area contributed by atoms with E-state index in [2.05, 4.69) is 5.32 Å². The van der Waals surface area contributed by atoms with Crippen LogP contribution in [0.1, 0.15) is 27.0 Å². The summed E-state index contributed by atoms with van der Waals surface area (Å²) in [5.41, 5.74) is 3.90. The molecule has 1 amide bonds. The van der Waals surface area contributed by atoms with Gasteiger partial charge in [0, 0.05) is 17.5 Å². The molecule has 0 bridgehead atoms. The van der Waals surface area contributed by atoms with Crippen molar-refractivity contribution in [2.45, 2.75) is 25.7 Å². The van der Waals surface area contributed by atoms with Crippen molar-refractivity contribution >= 4 is 21.4 Å². The first-order chi connectivity index (χ1) is 10.2. The van der Waals surface area contributed by atoms with E-state index in [1.165, 1.54) is 12.1 Å². The van der Waals surface area contributed by atoms with Gasteiger partial charge in [0.1, 0.15) is 0 Å². The van der Waals surface area contributed by atoms with Crippen LogP contribution in [0.3, 0.4) is 0 Å². The zero-order valence-electron chi connectivity index (χ0n) is 13.1. The Balaban J connectivity index is 2.40. The van der Waals surface area contributed by atoms with E-state index in [1.54, 1.807) is 13.0 Å². The number of carbonyl (C=O) groups excluding carboxylic acids is 1. The number of hydrogen-bond acceptors (Lipinski definition) is 3. The number of aryl methyl sites for hydroxylation is 2. The topological polar surface area (TPSA) is 63.2 Å². The Hall–Kier alpha value is -2.14. The lowest BCUT2D eigenvalue weighted by molar-refractivity contribution is 0.102. The molecular weight excluding hydrogens is 298 g/mol. The molecule has 0 spiro atoms. The van der Waals surface area contributed by atoms with E-state index in [4.69, 9.17) is 0 Å². The predicted molar refractivity (Wildman–Crippen MR) is 88.2 cm³/mol. The fraction of sp³-hybridized carbons (Fsp3) is 0.235. The van der Waals surface area contributed by atoms with E-state index < -0.39 is 9.84 Å². The molecule has 22 heavy (non-hydrogen) atoms. The highest BCUT2D eigenvalue weighted by Crippen LogP contribution is 2.21. The maximum atomic E-state index is 12.5. The first kappa shape index (κ1) is 16.2. The lowest BCUT2D eigenvalue weighted by Gasteiger charge is -2.12. The average Bonchev–Trinajstić information content (AvgIpc) is 2.43. The summed E-state index contributed by atoms with van der Waals surface area (Å²) in [7, 11) is -3.34. The molecule has 4 nitrogen and oxygen atoms in total. The highest BCUT2D eigenvalue weighted by atomic mass is 32.2. The van der Waals surface area contributed by atoms with Crippen LogP contribution in [-0.2, 0) is 9.84 Å². The molecule has 0 unspecified atom stereocenters. The van der Waals surface area contributed by atoms with E-state index in [-0.39, 0.29) is 10.8 Å². The quantitative estimate of drug-likeness (QED) is 0.945. The van der Waals surface area contributed by atoms with Crippen LogP contribution in [0.15, 0.2) is 41.3 Å². The second-order valence-electron chi connectivity index (χ2n) is 5.45. The van der Waals surface area contributed by atoms with Gasteiger partial charge in [0.15, 0.2) is 9.84 Å². The smallest absolute Gasteiger partial charge is 0.255 e. The zero-order chi connectivity index (χ0) is 16.5. The van der Waals surface area contributed by atoms with Crippen LogP contribution in [-0.4, -0.2) is 20.6 Å². The van der Waals surface area contributed by atoms with Gasteiger partial charge < -0.3 is 5.32 Å². The third-order valence-electron chi connectivity index (χ3n) is 3.73. The van der Waals surface area contributed by atoms with Gasteiger partial charge in [0.25, 0.3) is 5.91 Å². The molecule has 0 atom stereocenters. The van der Waals surface area contributed by atoms with Crippen molar-refractivity contribution in [1.82, 2.24) is 0 Å². The standard InChI is InChI=1S/C17H19NO3S/c1-11-6-5-7-16(13(11)3)18-17(19)15-10-14(22(4,20)21)9-8-12(15)2/h5-10H,1-4H3,(H,18,19). The number of hydrogen-bond donors (Lipinski definition) is 1. The van der Waals surface area contributed by atoms with Crippen LogP contribution in [0.25, 0.3) is 0 Å². The van der Waals surface area contributed by atoms with Gasteiger partial charge >= 0.3 is 0 Å². The van der Waals surface area contributed by atoms with E-state index in [9.17, 15) is 13.2 Å². The van der Waals surface area contributed by atoms with Crippen molar-refractivity contribution in [3.05, 3.63) is 58.7 Å². The SMILES string of the molecule is Cc1ccc(S(C)(=O)=O)cc1C(=O)Nc1cccc(C)c1C. The highest BCUT2D eigenvalue weighted by molar-refractivity contribution is 7.90. The summed E-state index contributed by atoms with van der Waals surface area (Å²) in [6.45, 7) is 5.69. The van der Waals surface area contributed by atoms with Gasteiger partial charge in [0.05, 0.1) is 4.90 Å². The second-order valence-corrected chi connectivity index (χ2v) is 7.47. The summed E-state index contributed by atoms with van der Waals surface area (Å²) >= 11 is 0. The fourth-order valence-electron chi connectivity index (χ4n) is 2.15. The first-order valence-electron chi connectivity index (χ1n) is 6.88. The summed E-state index contributed by atoms with van der Waals surface area (Å²) in [6, 6.07) is 10.3. The van der Waals surface area contributed by atoms with Crippen molar-refractivity contribution in [2.75, 3.05) is 11.6 Å². The van der Waals surface area contributed by atoms with Gasteiger partial charge in [-0.15, -0.1) is 0 Å². The zero-order valence-corrected chi connectivity index (χ0v) is 13.9. The van der Waals surface area contributed by atoms with Gasteiger partial charge in [-0.1, -0.05) is 18.2 Å². The number of anilines is 1. The summed E-state index contributed by atoms with van der Waals surface area (Å²) in [5.74, 6) is -0.309. The van der Waals surface area contributed by atoms with Crippen LogP contribution in [0, 0.1) is 20.8 Å². The maximum absolute atomic E-state index is 12.5. The third-order valence-corrected chi connectivity index (χ3v) is 4.84. The van der Waals surface area contributed by atoms with Crippen LogP contribution in [0.5, 0.6) is 0 Å². The molecule has 0 saturated heterocycles. The highest BCUT2D eigenvalue weighted by Gasteiger charge is 2.15. The van der Waals surface area contributed by atoms with Crippen molar-refractivity contribution in [3.63, 3.8) is 0 Å². The molecular formula is C17H19NO3S. The van der Waals surface area contributed by atoms with Crippen molar-refractivity contribution in [1.29, 1.82) is 0 Å². The van der Waals surface area contributed by atoms with Gasteiger partial charge in [0.2, 0.25) is 0 Å². The van der Waals surface area contributed by atoms with Gasteiger partial charge in [-0.25, -0.2) is 8.42 Å². The molecule has 0 heterocycles. The first-order valence-corrected chi connectivity index (χ1v) is 8.77. The largest absolute Gasteiger partial charge is 0.322 e. The second kappa shape index (κ2) is 5.93. The molecule has 5 heteroatoms. The van der Waals surface area contributed by atoms with E-state index >= 15 is 0 Å². The molecule has 0 aliphatic rings. The number of sulfone groups is 1. The Morgan fingerprint density at radius 1 is 1.00 bits per heavy atom. The number of nitrogens with one attached hydrogen (secondary N) is 1. The molecule has 2 aromatic carbocycles. The summed E-state index contributed by atoms with van der Waals surface area (Å²) in [4.78, 5) is 12.6. The Kier molecular flexibility index (Phi) is 4.37. The van der Waals surface area contributed by atoms with Crippen molar-refractivity contribution < 1.29 is 13.2 Å². The normalized spacial score (nSPS) is 11.3. The number of benzene rings is 2. The third kappa shape index (κ3) is 3.36. The summed E-state index contributed by atoms with van der Waals surface area (Å²) in [6.07, 6.45) is 1.13.